The molecule has 0 radical (unpaired) electrons. The van der Waals surface area contributed by atoms with E-state index in [1.54, 1.807) is 38.1 Å². The molecule has 0 aliphatic carbocycles. The van der Waals surface area contributed by atoms with Crippen molar-refractivity contribution in [3.8, 4) is 11.6 Å². The van der Waals surface area contributed by atoms with Gasteiger partial charge in [-0.2, -0.15) is 0 Å². The lowest BCUT2D eigenvalue weighted by Crippen LogP contribution is -2.42. The molecule has 1 aromatic heterocycles. The van der Waals surface area contributed by atoms with Crippen molar-refractivity contribution in [3.63, 3.8) is 0 Å². The van der Waals surface area contributed by atoms with E-state index in [0.717, 1.165) is 5.56 Å². The maximum Gasteiger partial charge on any atom is 0.293 e. The maximum absolute atomic E-state index is 13.1. The van der Waals surface area contributed by atoms with Crippen LogP contribution in [0.1, 0.15) is 32.4 Å². The summed E-state index contributed by atoms with van der Waals surface area (Å²) in [5, 5.41) is 8.63. The maximum atomic E-state index is 13.1. The summed E-state index contributed by atoms with van der Waals surface area (Å²) < 4.78 is 10.8. The van der Waals surface area contributed by atoms with Gasteiger partial charge in [0.05, 0.1) is 0 Å². The molecule has 10 heteroatoms. The summed E-state index contributed by atoms with van der Waals surface area (Å²) in [7, 11) is 0. The standard InChI is InChI=1S/C25H27N5O5/c1-17(32)29-21-13-22(28-15-27-21)35-20-11-9-19(10-12-20)30-24(33)23(18-7-5-4-6-8-18)26-14-25(2,3)34-16-31/h4-13,15-16,23,26H,14H2,1-3H3,(H,30,33)(H,27,28,29,32)/t23-/m1/s1. The van der Waals surface area contributed by atoms with E-state index < -0.39 is 11.6 Å². The van der Waals surface area contributed by atoms with Crippen molar-refractivity contribution >= 4 is 29.8 Å². The lowest BCUT2D eigenvalue weighted by Gasteiger charge is -2.26. The molecule has 1 heterocycles. The Balaban J connectivity index is 1.67. The molecule has 0 saturated carbocycles. The molecule has 3 aromatic rings. The molecule has 2 aromatic carbocycles. The number of nitrogens with one attached hydrogen (secondary N) is 3. The van der Waals surface area contributed by atoms with Crippen LogP contribution in [0.4, 0.5) is 11.5 Å². The monoisotopic (exact) mass is 477 g/mol. The SMILES string of the molecule is CC(=O)Nc1cc(Oc2ccc(NC(=O)[C@H](NCC(C)(C)OC=O)c3ccccc3)cc2)ncn1. The number of aromatic nitrogens is 2. The molecule has 2 amide bonds. The molecule has 0 aliphatic heterocycles. The van der Waals surface area contributed by atoms with Crippen molar-refractivity contribution < 1.29 is 23.9 Å². The average molecular weight is 478 g/mol. The van der Waals surface area contributed by atoms with Crippen LogP contribution >= 0.6 is 0 Å². The van der Waals surface area contributed by atoms with Crippen LogP contribution in [0.25, 0.3) is 0 Å². The third-order valence-electron chi connectivity index (χ3n) is 4.78. The Kier molecular flexibility index (Phi) is 8.47. The minimum absolute atomic E-state index is 0.252. The van der Waals surface area contributed by atoms with Crippen molar-refractivity contribution in [1.82, 2.24) is 15.3 Å². The van der Waals surface area contributed by atoms with Crippen LogP contribution in [0.15, 0.2) is 67.0 Å². The first-order valence-corrected chi connectivity index (χ1v) is 10.8. The van der Waals surface area contributed by atoms with Gasteiger partial charge in [0.25, 0.3) is 6.47 Å². The van der Waals surface area contributed by atoms with Gasteiger partial charge >= 0.3 is 0 Å². The highest BCUT2D eigenvalue weighted by atomic mass is 16.5. The number of benzene rings is 2. The Morgan fingerprint density at radius 2 is 1.74 bits per heavy atom. The fraction of sp³-hybridized carbons (Fsp3) is 0.240. The van der Waals surface area contributed by atoms with Gasteiger partial charge < -0.3 is 20.1 Å². The second-order valence-electron chi connectivity index (χ2n) is 8.24. The summed E-state index contributed by atoms with van der Waals surface area (Å²) in [6.45, 7) is 5.55. The van der Waals surface area contributed by atoms with Crippen molar-refractivity contribution in [3.05, 3.63) is 72.6 Å². The first kappa shape index (κ1) is 25.3. The van der Waals surface area contributed by atoms with E-state index in [1.807, 2.05) is 30.3 Å². The number of rotatable bonds is 11. The third-order valence-corrected chi connectivity index (χ3v) is 4.78. The predicted octanol–water partition coefficient (Wildman–Crippen LogP) is 3.45. The number of amides is 2. The Hall–Kier alpha value is -4.31. The first-order valence-electron chi connectivity index (χ1n) is 10.8. The van der Waals surface area contributed by atoms with E-state index in [2.05, 4.69) is 25.9 Å². The van der Waals surface area contributed by atoms with Crippen molar-refractivity contribution in [2.24, 2.45) is 0 Å². The lowest BCUT2D eigenvalue weighted by molar-refractivity contribution is -0.140. The predicted molar refractivity (Wildman–Crippen MR) is 130 cm³/mol. The Morgan fingerprint density at radius 3 is 2.40 bits per heavy atom. The summed E-state index contributed by atoms with van der Waals surface area (Å²) in [4.78, 5) is 43.0. The van der Waals surface area contributed by atoms with E-state index in [4.69, 9.17) is 9.47 Å². The molecule has 0 bridgehead atoms. The molecule has 35 heavy (non-hydrogen) atoms. The quantitative estimate of drug-likeness (QED) is 0.358. The van der Waals surface area contributed by atoms with Gasteiger partial charge in [0.1, 0.15) is 29.5 Å². The van der Waals surface area contributed by atoms with Crippen LogP contribution in [-0.4, -0.2) is 40.4 Å². The van der Waals surface area contributed by atoms with Crippen LogP contribution in [0.2, 0.25) is 0 Å². The molecule has 0 aliphatic rings. The smallest absolute Gasteiger partial charge is 0.293 e. The Morgan fingerprint density at radius 1 is 1.03 bits per heavy atom. The summed E-state index contributed by atoms with van der Waals surface area (Å²) in [5.41, 5.74) is 0.551. The number of nitrogens with zero attached hydrogens (tertiary/aromatic N) is 2. The summed E-state index contributed by atoms with van der Waals surface area (Å²) in [6.07, 6.45) is 1.29. The molecule has 10 nitrogen and oxygen atoms in total. The molecular formula is C25H27N5O5. The van der Waals surface area contributed by atoms with Crippen LogP contribution in [0, 0.1) is 0 Å². The fourth-order valence-electron chi connectivity index (χ4n) is 3.11. The highest BCUT2D eigenvalue weighted by Crippen LogP contribution is 2.24. The number of hydrogen-bond acceptors (Lipinski definition) is 8. The minimum atomic E-state index is -0.783. The second-order valence-corrected chi connectivity index (χ2v) is 8.24. The van der Waals surface area contributed by atoms with Gasteiger partial charge in [-0.05, 0) is 43.7 Å². The van der Waals surface area contributed by atoms with Gasteiger partial charge in [0, 0.05) is 25.2 Å². The number of carbonyl (C=O) groups excluding carboxylic acids is 3. The van der Waals surface area contributed by atoms with Crippen molar-refractivity contribution in [1.29, 1.82) is 0 Å². The molecule has 0 unspecified atom stereocenters. The van der Waals surface area contributed by atoms with E-state index in [1.165, 1.54) is 19.3 Å². The highest BCUT2D eigenvalue weighted by molar-refractivity contribution is 5.95. The van der Waals surface area contributed by atoms with Gasteiger partial charge in [0.2, 0.25) is 17.7 Å². The van der Waals surface area contributed by atoms with Crippen LogP contribution in [0.5, 0.6) is 11.6 Å². The van der Waals surface area contributed by atoms with E-state index >= 15 is 0 Å². The summed E-state index contributed by atoms with van der Waals surface area (Å²) >= 11 is 0. The molecular weight excluding hydrogens is 450 g/mol. The van der Waals surface area contributed by atoms with Crippen molar-refractivity contribution in [2.45, 2.75) is 32.4 Å². The van der Waals surface area contributed by atoms with E-state index in [9.17, 15) is 14.4 Å². The second kappa shape index (κ2) is 11.7. The first-order chi connectivity index (χ1) is 16.8. The lowest BCUT2D eigenvalue weighted by atomic mass is 10.0. The van der Waals surface area contributed by atoms with E-state index in [-0.39, 0.29) is 24.2 Å². The number of anilines is 2. The molecule has 0 fully saturated rings. The summed E-state index contributed by atoms with van der Waals surface area (Å²) in [5.74, 6) is 0.544. The summed E-state index contributed by atoms with van der Waals surface area (Å²) in [6, 6.07) is 16.9. The van der Waals surface area contributed by atoms with Crippen LogP contribution in [0.3, 0.4) is 0 Å². The minimum Gasteiger partial charge on any atom is -0.461 e. The van der Waals surface area contributed by atoms with Crippen molar-refractivity contribution in [2.75, 3.05) is 17.2 Å². The molecule has 0 saturated heterocycles. The zero-order chi connectivity index (χ0) is 25.3. The van der Waals surface area contributed by atoms with Crippen LogP contribution in [-0.2, 0) is 19.1 Å². The highest BCUT2D eigenvalue weighted by Gasteiger charge is 2.25. The third kappa shape index (κ3) is 7.90. The molecule has 3 rings (SSSR count). The van der Waals surface area contributed by atoms with Crippen LogP contribution < -0.4 is 20.7 Å². The van der Waals surface area contributed by atoms with E-state index in [0.29, 0.717) is 23.7 Å². The molecule has 1 atom stereocenters. The molecule has 0 spiro atoms. The zero-order valence-corrected chi connectivity index (χ0v) is 19.6. The normalized spacial score (nSPS) is 11.7. The fourth-order valence-corrected chi connectivity index (χ4v) is 3.11. The van der Waals surface area contributed by atoms with Gasteiger partial charge in [-0.25, -0.2) is 9.97 Å². The molecule has 3 N–H and O–H groups in total. The van der Waals surface area contributed by atoms with Gasteiger partial charge in [-0.15, -0.1) is 0 Å². The topological polar surface area (TPSA) is 132 Å². The number of ether oxygens (including phenoxy) is 2. The number of carbonyl (C=O) groups is 3. The largest absolute Gasteiger partial charge is 0.461 e. The molecule has 182 valence electrons. The van der Waals surface area contributed by atoms with Gasteiger partial charge in [-0.3, -0.25) is 19.7 Å². The van der Waals surface area contributed by atoms with Gasteiger partial charge in [0.15, 0.2) is 0 Å². The Labute approximate surface area is 203 Å². The average Bonchev–Trinajstić information content (AvgIpc) is 2.81. The number of hydrogen-bond donors (Lipinski definition) is 3. The Bertz CT molecular complexity index is 1150. The zero-order valence-electron chi connectivity index (χ0n) is 19.6. The van der Waals surface area contributed by atoms with Gasteiger partial charge in [-0.1, -0.05) is 30.3 Å².